The van der Waals surface area contributed by atoms with Crippen LogP contribution in [0.2, 0.25) is 0 Å². The molecule has 3 aromatic rings. The summed E-state index contributed by atoms with van der Waals surface area (Å²) < 4.78 is 34.3. The third kappa shape index (κ3) is 3.93. The van der Waals surface area contributed by atoms with Crippen molar-refractivity contribution < 1.29 is 17.9 Å². The number of benzene rings is 2. The van der Waals surface area contributed by atoms with E-state index in [4.69, 9.17) is 0 Å². The molecule has 3 rings (SSSR count). The predicted octanol–water partition coefficient (Wildman–Crippen LogP) is 2.62. The molecular formula is C20H23N3O4S. The van der Waals surface area contributed by atoms with E-state index in [-0.39, 0.29) is 4.90 Å². The van der Waals surface area contributed by atoms with Gasteiger partial charge in [-0.1, -0.05) is 24.3 Å². The van der Waals surface area contributed by atoms with Crippen molar-refractivity contribution in [2.24, 2.45) is 0 Å². The van der Waals surface area contributed by atoms with Crippen LogP contribution in [0.4, 0.5) is 0 Å². The predicted molar refractivity (Wildman–Crippen MR) is 106 cm³/mol. The Kier molecular flexibility index (Phi) is 5.27. The van der Waals surface area contributed by atoms with Gasteiger partial charge in [0.15, 0.2) is 0 Å². The number of aromatic nitrogens is 2. The van der Waals surface area contributed by atoms with Crippen molar-refractivity contribution in [3.05, 3.63) is 59.9 Å². The van der Waals surface area contributed by atoms with Gasteiger partial charge >= 0.3 is 5.97 Å². The smallest absolute Gasteiger partial charge is 0.326 e. The van der Waals surface area contributed by atoms with E-state index in [1.54, 1.807) is 12.1 Å². The van der Waals surface area contributed by atoms with Gasteiger partial charge in [-0.25, -0.2) is 13.4 Å². The van der Waals surface area contributed by atoms with Gasteiger partial charge < -0.3 is 9.30 Å². The summed E-state index contributed by atoms with van der Waals surface area (Å²) in [5.74, 6) is 0.231. The number of rotatable bonds is 6. The van der Waals surface area contributed by atoms with Gasteiger partial charge in [-0.15, -0.1) is 0 Å². The van der Waals surface area contributed by atoms with E-state index >= 15 is 0 Å². The van der Waals surface area contributed by atoms with E-state index in [1.807, 2.05) is 31.2 Å². The molecule has 0 saturated carbocycles. The Morgan fingerprint density at radius 1 is 1.14 bits per heavy atom. The molecule has 0 saturated heterocycles. The minimum Gasteiger partial charge on any atom is -0.468 e. The molecule has 0 bridgehead atoms. The molecule has 148 valence electrons. The van der Waals surface area contributed by atoms with Crippen molar-refractivity contribution in [1.82, 2.24) is 14.3 Å². The molecule has 8 heteroatoms. The highest BCUT2D eigenvalue weighted by atomic mass is 32.2. The van der Waals surface area contributed by atoms with Gasteiger partial charge in [0.2, 0.25) is 10.0 Å². The average molecular weight is 401 g/mol. The first kappa shape index (κ1) is 20.0. The van der Waals surface area contributed by atoms with Gasteiger partial charge in [0.1, 0.15) is 11.4 Å². The van der Waals surface area contributed by atoms with Crippen molar-refractivity contribution in [2.45, 2.75) is 37.8 Å². The number of nitrogens with zero attached hydrogens (tertiary/aromatic N) is 2. The summed E-state index contributed by atoms with van der Waals surface area (Å²) in [6.07, 6.45) is 0. The van der Waals surface area contributed by atoms with Gasteiger partial charge in [-0.05, 0) is 50.6 Å². The lowest BCUT2D eigenvalue weighted by Gasteiger charge is -2.22. The SMILES string of the molecule is COC(=O)C(C)(C)NS(=O)(=O)c1ccc(Cn2c(C)nc3ccccc32)cc1. The maximum Gasteiger partial charge on any atom is 0.326 e. The summed E-state index contributed by atoms with van der Waals surface area (Å²) in [7, 11) is -2.65. The van der Waals surface area contributed by atoms with Crippen molar-refractivity contribution >= 4 is 27.0 Å². The van der Waals surface area contributed by atoms with Crippen molar-refractivity contribution in [3.8, 4) is 0 Å². The summed E-state index contributed by atoms with van der Waals surface area (Å²) >= 11 is 0. The molecule has 0 radical (unpaired) electrons. The fraction of sp³-hybridized carbons (Fsp3) is 0.300. The quantitative estimate of drug-likeness (QED) is 0.641. The summed E-state index contributed by atoms with van der Waals surface area (Å²) in [6, 6.07) is 14.4. The molecule has 0 aliphatic carbocycles. The molecule has 0 amide bonds. The molecule has 0 atom stereocenters. The Balaban J connectivity index is 1.83. The summed E-state index contributed by atoms with van der Waals surface area (Å²) in [6.45, 7) is 5.43. The van der Waals surface area contributed by atoms with Crippen LogP contribution in [0.1, 0.15) is 25.2 Å². The van der Waals surface area contributed by atoms with Crippen LogP contribution in [0, 0.1) is 6.92 Å². The monoisotopic (exact) mass is 401 g/mol. The fourth-order valence-electron chi connectivity index (χ4n) is 3.04. The molecule has 0 spiro atoms. The lowest BCUT2D eigenvalue weighted by molar-refractivity contribution is -0.146. The van der Waals surface area contributed by atoms with Crippen LogP contribution in [-0.4, -0.2) is 36.6 Å². The zero-order valence-corrected chi connectivity index (χ0v) is 17.1. The highest BCUT2D eigenvalue weighted by molar-refractivity contribution is 7.89. The summed E-state index contributed by atoms with van der Waals surface area (Å²) in [4.78, 5) is 16.4. The molecule has 0 aliphatic heterocycles. The second kappa shape index (κ2) is 7.37. The first-order valence-corrected chi connectivity index (χ1v) is 10.3. The molecule has 0 unspecified atom stereocenters. The molecule has 1 aromatic heterocycles. The third-order valence-electron chi connectivity index (χ3n) is 4.50. The Labute approximate surface area is 164 Å². The standard InChI is InChI=1S/C20H23N3O4S/c1-14-21-17-7-5-6-8-18(17)23(14)13-15-9-11-16(12-10-15)28(25,26)22-20(2,3)19(24)27-4/h5-12,22H,13H2,1-4H3. The lowest BCUT2D eigenvalue weighted by atomic mass is 10.1. The molecule has 1 N–H and O–H groups in total. The Morgan fingerprint density at radius 2 is 1.79 bits per heavy atom. The normalized spacial score (nSPS) is 12.3. The van der Waals surface area contributed by atoms with Crippen LogP contribution in [0.15, 0.2) is 53.4 Å². The number of hydrogen-bond acceptors (Lipinski definition) is 5. The van der Waals surface area contributed by atoms with Crippen LogP contribution < -0.4 is 4.72 Å². The Morgan fingerprint density at radius 3 is 2.43 bits per heavy atom. The molecule has 28 heavy (non-hydrogen) atoms. The second-order valence-electron chi connectivity index (χ2n) is 7.10. The summed E-state index contributed by atoms with van der Waals surface area (Å²) in [5.41, 5.74) is 1.53. The van der Waals surface area contributed by atoms with E-state index < -0.39 is 21.5 Å². The molecule has 1 heterocycles. The second-order valence-corrected chi connectivity index (χ2v) is 8.78. The van der Waals surface area contributed by atoms with Gasteiger partial charge in [-0.3, -0.25) is 4.79 Å². The third-order valence-corrected chi connectivity index (χ3v) is 6.18. The fourth-order valence-corrected chi connectivity index (χ4v) is 4.41. The van der Waals surface area contributed by atoms with E-state index in [0.29, 0.717) is 6.54 Å². The van der Waals surface area contributed by atoms with Crippen molar-refractivity contribution in [2.75, 3.05) is 7.11 Å². The molecule has 0 fully saturated rings. The molecule has 2 aromatic carbocycles. The molecular weight excluding hydrogens is 378 g/mol. The largest absolute Gasteiger partial charge is 0.468 e. The van der Waals surface area contributed by atoms with Crippen LogP contribution in [-0.2, 0) is 26.1 Å². The number of carbonyl (C=O) groups is 1. The Bertz CT molecular complexity index is 1120. The van der Waals surface area contributed by atoms with E-state index in [0.717, 1.165) is 22.4 Å². The number of fused-ring (bicyclic) bond motifs is 1. The average Bonchev–Trinajstić information content (AvgIpc) is 2.96. The first-order chi connectivity index (χ1) is 13.1. The number of methoxy groups -OCH3 is 1. The maximum atomic E-state index is 12.6. The molecule has 7 nitrogen and oxygen atoms in total. The zero-order chi connectivity index (χ0) is 20.5. The number of carbonyl (C=O) groups excluding carboxylic acids is 1. The van der Waals surface area contributed by atoms with Crippen LogP contribution >= 0.6 is 0 Å². The van der Waals surface area contributed by atoms with Crippen molar-refractivity contribution in [3.63, 3.8) is 0 Å². The zero-order valence-electron chi connectivity index (χ0n) is 16.3. The lowest BCUT2D eigenvalue weighted by Crippen LogP contribution is -2.50. The van der Waals surface area contributed by atoms with Crippen LogP contribution in [0.3, 0.4) is 0 Å². The first-order valence-electron chi connectivity index (χ1n) is 8.77. The van der Waals surface area contributed by atoms with E-state index in [1.165, 1.54) is 33.1 Å². The number of sulfonamides is 1. The number of aryl methyl sites for hydroxylation is 1. The number of ether oxygens (including phenoxy) is 1. The number of nitrogens with one attached hydrogen (secondary N) is 1. The van der Waals surface area contributed by atoms with E-state index in [2.05, 4.69) is 19.0 Å². The minimum absolute atomic E-state index is 0.0837. The van der Waals surface area contributed by atoms with E-state index in [9.17, 15) is 13.2 Å². The van der Waals surface area contributed by atoms with Crippen molar-refractivity contribution in [1.29, 1.82) is 0 Å². The van der Waals surface area contributed by atoms with Gasteiger partial charge in [-0.2, -0.15) is 4.72 Å². The van der Waals surface area contributed by atoms with Gasteiger partial charge in [0.05, 0.1) is 23.0 Å². The van der Waals surface area contributed by atoms with Gasteiger partial charge in [0, 0.05) is 6.54 Å². The number of esters is 1. The maximum absolute atomic E-state index is 12.6. The minimum atomic E-state index is -3.86. The Hall–Kier alpha value is -2.71. The van der Waals surface area contributed by atoms with Crippen LogP contribution in [0.25, 0.3) is 11.0 Å². The number of imidazole rings is 1. The number of hydrogen-bond donors (Lipinski definition) is 1. The number of para-hydroxylation sites is 2. The molecule has 0 aliphatic rings. The topological polar surface area (TPSA) is 90.3 Å². The summed E-state index contributed by atoms with van der Waals surface area (Å²) in [5, 5.41) is 0. The highest BCUT2D eigenvalue weighted by Gasteiger charge is 2.34. The van der Waals surface area contributed by atoms with Crippen LogP contribution in [0.5, 0.6) is 0 Å². The highest BCUT2D eigenvalue weighted by Crippen LogP contribution is 2.19. The van der Waals surface area contributed by atoms with Gasteiger partial charge in [0.25, 0.3) is 0 Å².